The standard InChI is InChI=1S/C13H22N2S/c1-4-12-9-14-7-8-15(12)11(3)13-6-5-10(2)16-13/h5-6,11-12,14H,4,7-9H2,1-3H3. The zero-order valence-electron chi connectivity index (χ0n) is 10.5. The van der Waals surface area contributed by atoms with Gasteiger partial charge in [0.2, 0.25) is 0 Å². The first-order valence-corrected chi connectivity index (χ1v) is 7.06. The number of hydrogen-bond acceptors (Lipinski definition) is 3. The molecule has 1 aromatic rings. The van der Waals surface area contributed by atoms with E-state index in [9.17, 15) is 0 Å². The third-order valence-electron chi connectivity index (χ3n) is 3.54. The molecule has 0 spiro atoms. The number of thiophene rings is 1. The van der Waals surface area contributed by atoms with Gasteiger partial charge in [-0.25, -0.2) is 0 Å². The summed E-state index contributed by atoms with van der Waals surface area (Å²) in [5.41, 5.74) is 0. The van der Waals surface area contributed by atoms with E-state index in [1.54, 1.807) is 0 Å². The van der Waals surface area contributed by atoms with Crippen LogP contribution in [0.5, 0.6) is 0 Å². The van der Waals surface area contributed by atoms with Crippen molar-refractivity contribution in [2.45, 2.75) is 39.3 Å². The van der Waals surface area contributed by atoms with E-state index in [0.29, 0.717) is 12.1 Å². The summed E-state index contributed by atoms with van der Waals surface area (Å²) in [5, 5.41) is 3.49. The molecule has 2 heterocycles. The van der Waals surface area contributed by atoms with Crippen LogP contribution < -0.4 is 5.32 Å². The van der Waals surface area contributed by atoms with Gasteiger partial charge >= 0.3 is 0 Å². The smallest absolute Gasteiger partial charge is 0.0417 e. The molecule has 1 fully saturated rings. The number of hydrogen-bond donors (Lipinski definition) is 1. The summed E-state index contributed by atoms with van der Waals surface area (Å²) in [5.74, 6) is 0. The first-order valence-electron chi connectivity index (χ1n) is 6.25. The molecule has 1 aliphatic heterocycles. The van der Waals surface area contributed by atoms with E-state index in [1.807, 2.05) is 11.3 Å². The minimum atomic E-state index is 0.575. The van der Waals surface area contributed by atoms with Crippen molar-refractivity contribution in [1.82, 2.24) is 10.2 Å². The lowest BCUT2D eigenvalue weighted by Gasteiger charge is -2.39. The molecule has 90 valence electrons. The predicted molar refractivity (Wildman–Crippen MR) is 71.1 cm³/mol. The fourth-order valence-corrected chi connectivity index (χ4v) is 3.46. The Kier molecular flexibility index (Phi) is 4.00. The lowest BCUT2D eigenvalue weighted by Crippen LogP contribution is -2.51. The highest BCUT2D eigenvalue weighted by Crippen LogP contribution is 2.29. The number of nitrogens with zero attached hydrogens (tertiary/aromatic N) is 1. The highest BCUT2D eigenvalue weighted by Gasteiger charge is 2.26. The Morgan fingerprint density at radius 3 is 3.00 bits per heavy atom. The predicted octanol–water partition coefficient (Wildman–Crippen LogP) is 2.80. The van der Waals surface area contributed by atoms with Crippen molar-refractivity contribution >= 4 is 11.3 Å². The molecule has 0 aliphatic carbocycles. The zero-order valence-corrected chi connectivity index (χ0v) is 11.3. The van der Waals surface area contributed by atoms with Crippen LogP contribution in [0.4, 0.5) is 0 Å². The van der Waals surface area contributed by atoms with E-state index in [1.165, 1.54) is 22.7 Å². The van der Waals surface area contributed by atoms with Crippen LogP contribution in [0.3, 0.4) is 0 Å². The largest absolute Gasteiger partial charge is 0.314 e. The van der Waals surface area contributed by atoms with Gasteiger partial charge in [0.15, 0.2) is 0 Å². The first kappa shape index (κ1) is 12.1. The molecule has 2 rings (SSSR count). The second-order valence-electron chi connectivity index (χ2n) is 4.63. The van der Waals surface area contributed by atoms with Crippen LogP contribution >= 0.6 is 11.3 Å². The number of aryl methyl sites for hydroxylation is 1. The van der Waals surface area contributed by atoms with Crippen molar-refractivity contribution in [1.29, 1.82) is 0 Å². The average Bonchev–Trinajstić information content (AvgIpc) is 2.75. The maximum atomic E-state index is 3.49. The summed E-state index contributed by atoms with van der Waals surface area (Å²) in [6, 6.07) is 5.80. The molecule has 0 aromatic carbocycles. The molecule has 2 nitrogen and oxygen atoms in total. The molecule has 0 saturated carbocycles. The van der Waals surface area contributed by atoms with E-state index in [-0.39, 0.29) is 0 Å². The second kappa shape index (κ2) is 5.30. The van der Waals surface area contributed by atoms with Crippen LogP contribution in [0, 0.1) is 6.92 Å². The van der Waals surface area contributed by atoms with Gasteiger partial charge < -0.3 is 5.32 Å². The van der Waals surface area contributed by atoms with Crippen molar-refractivity contribution < 1.29 is 0 Å². The summed E-state index contributed by atoms with van der Waals surface area (Å²) >= 11 is 1.94. The van der Waals surface area contributed by atoms with E-state index < -0.39 is 0 Å². The Hall–Kier alpha value is -0.380. The summed E-state index contributed by atoms with van der Waals surface area (Å²) in [4.78, 5) is 5.59. The molecular formula is C13H22N2S. The van der Waals surface area contributed by atoms with E-state index in [0.717, 1.165) is 13.1 Å². The van der Waals surface area contributed by atoms with Gasteiger partial charge in [-0.05, 0) is 32.4 Å². The van der Waals surface area contributed by atoms with Crippen LogP contribution in [-0.2, 0) is 0 Å². The average molecular weight is 238 g/mol. The quantitative estimate of drug-likeness (QED) is 0.871. The minimum Gasteiger partial charge on any atom is -0.314 e. The molecule has 0 radical (unpaired) electrons. The Labute approximate surface area is 103 Å². The Balaban J connectivity index is 2.10. The van der Waals surface area contributed by atoms with Gasteiger partial charge in [0.05, 0.1) is 0 Å². The number of rotatable bonds is 3. The van der Waals surface area contributed by atoms with Crippen molar-refractivity contribution in [2.24, 2.45) is 0 Å². The molecule has 1 aliphatic rings. The first-order chi connectivity index (χ1) is 7.72. The van der Waals surface area contributed by atoms with Gasteiger partial charge in [0.25, 0.3) is 0 Å². The maximum Gasteiger partial charge on any atom is 0.0417 e. The van der Waals surface area contributed by atoms with Crippen LogP contribution in [0.25, 0.3) is 0 Å². The fraction of sp³-hybridized carbons (Fsp3) is 0.692. The van der Waals surface area contributed by atoms with E-state index in [4.69, 9.17) is 0 Å². The Bertz CT molecular complexity index is 334. The number of nitrogens with one attached hydrogen (secondary N) is 1. The second-order valence-corrected chi connectivity index (χ2v) is 5.95. The van der Waals surface area contributed by atoms with Crippen molar-refractivity contribution in [3.05, 3.63) is 21.9 Å². The summed E-state index contributed by atoms with van der Waals surface area (Å²) in [6.45, 7) is 10.3. The van der Waals surface area contributed by atoms with Crippen LogP contribution in [-0.4, -0.2) is 30.6 Å². The SMILES string of the molecule is CCC1CNCCN1C(C)c1ccc(C)s1. The van der Waals surface area contributed by atoms with Gasteiger partial charge in [-0.15, -0.1) is 11.3 Å². The van der Waals surface area contributed by atoms with Crippen molar-refractivity contribution in [2.75, 3.05) is 19.6 Å². The molecular weight excluding hydrogens is 216 g/mol. The fourth-order valence-electron chi connectivity index (χ4n) is 2.51. The third-order valence-corrected chi connectivity index (χ3v) is 4.71. The lowest BCUT2D eigenvalue weighted by atomic mass is 10.1. The Morgan fingerprint density at radius 2 is 2.38 bits per heavy atom. The molecule has 1 aromatic heterocycles. The topological polar surface area (TPSA) is 15.3 Å². The number of piperazine rings is 1. The van der Waals surface area contributed by atoms with Crippen LogP contribution in [0.1, 0.15) is 36.1 Å². The molecule has 1 N–H and O–H groups in total. The van der Waals surface area contributed by atoms with E-state index >= 15 is 0 Å². The van der Waals surface area contributed by atoms with Gasteiger partial charge in [-0.2, -0.15) is 0 Å². The van der Waals surface area contributed by atoms with Crippen LogP contribution in [0.2, 0.25) is 0 Å². The zero-order chi connectivity index (χ0) is 11.5. The van der Waals surface area contributed by atoms with Gasteiger partial charge in [-0.3, -0.25) is 4.90 Å². The molecule has 2 atom stereocenters. The summed E-state index contributed by atoms with van der Waals surface area (Å²) in [7, 11) is 0. The highest BCUT2D eigenvalue weighted by atomic mass is 32.1. The Morgan fingerprint density at radius 1 is 1.56 bits per heavy atom. The van der Waals surface area contributed by atoms with Gasteiger partial charge in [-0.1, -0.05) is 6.92 Å². The van der Waals surface area contributed by atoms with Crippen LogP contribution in [0.15, 0.2) is 12.1 Å². The lowest BCUT2D eigenvalue weighted by molar-refractivity contribution is 0.113. The normalized spacial score (nSPS) is 24.6. The molecule has 3 heteroatoms. The van der Waals surface area contributed by atoms with Crippen molar-refractivity contribution in [3.8, 4) is 0 Å². The van der Waals surface area contributed by atoms with Crippen molar-refractivity contribution in [3.63, 3.8) is 0 Å². The molecule has 1 saturated heterocycles. The molecule has 0 bridgehead atoms. The molecule has 0 amide bonds. The highest BCUT2D eigenvalue weighted by molar-refractivity contribution is 7.12. The van der Waals surface area contributed by atoms with Gasteiger partial charge in [0, 0.05) is 41.5 Å². The minimum absolute atomic E-state index is 0.575. The molecule has 16 heavy (non-hydrogen) atoms. The monoisotopic (exact) mass is 238 g/mol. The maximum absolute atomic E-state index is 3.49. The summed E-state index contributed by atoms with van der Waals surface area (Å²) in [6.07, 6.45) is 1.24. The third kappa shape index (κ3) is 2.47. The molecule has 2 unspecified atom stereocenters. The van der Waals surface area contributed by atoms with Gasteiger partial charge in [0.1, 0.15) is 0 Å². The summed E-state index contributed by atoms with van der Waals surface area (Å²) < 4.78 is 0. The van der Waals surface area contributed by atoms with E-state index in [2.05, 4.69) is 43.1 Å².